The van der Waals surface area contributed by atoms with E-state index in [2.05, 4.69) is 4.90 Å². The molecule has 1 aliphatic heterocycles. The van der Waals surface area contributed by atoms with Crippen LogP contribution < -0.4 is 9.47 Å². The number of methoxy groups -OCH3 is 2. The molecule has 0 saturated carbocycles. The number of amides is 1. The second kappa shape index (κ2) is 8.19. The van der Waals surface area contributed by atoms with E-state index in [0.717, 1.165) is 25.2 Å². The molecule has 26 heavy (non-hydrogen) atoms. The van der Waals surface area contributed by atoms with E-state index in [9.17, 15) is 9.18 Å². The quantitative estimate of drug-likeness (QED) is 0.824. The Morgan fingerprint density at radius 1 is 0.962 bits per heavy atom. The Hall–Kier alpha value is -2.60. The zero-order valence-corrected chi connectivity index (χ0v) is 15.1. The largest absolute Gasteiger partial charge is 0.493 e. The van der Waals surface area contributed by atoms with E-state index >= 15 is 0 Å². The maximum atomic E-state index is 13.0. The van der Waals surface area contributed by atoms with Crippen molar-refractivity contribution in [3.8, 4) is 11.5 Å². The lowest BCUT2D eigenvalue weighted by Crippen LogP contribution is -2.48. The van der Waals surface area contributed by atoms with E-state index in [1.165, 1.54) is 12.1 Å². The Kier molecular flexibility index (Phi) is 5.73. The summed E-state index contributed by atoms with van der Waals surface area (Å²) in [4.78, 5) is 16.9. The number of ether oxygens (including phenoxy) is 2. The summed E-state index contributed by atoms with van der Waals surface area (Å²) in [6, 6.07) is 11.8. The summed E-state index contributed by atoms with van der Waals surface area (Å²) in [6.45, 7) is 3.66. The average molecular weight is 358 g/mol. The summed E-state index contributed by atoms with van der Waals surface area (Å²) in [6.07, 6.45) is 0. The van der Waals surface area contributed by atoms with Gasteiger partial charge in [-0.1, -0.05) is 12.1 Å². The van der Waals surface area contributed by atoms with Crippen LogP contribution in [0.25, 0.3) is 0 Å². The molecule has 0 atom stereocenters. The molecule has 2 aromatic rings. The molecule has 0 unspecified atom stereocenters. The molecule has 0 bridgehead atoms. The monoisotopic (exact) mass is 358 g/mol. The van der Waals surface area contributed by atoms with Gasteiger partial charge in [0.25, 0.3) is 5.91 Å². The minimum absolute atomic E-state index is 0.00705. The molecule has 2 aromatic carbocycles. The first-order chi connectivity index (χ1) is 12.6. The lowest BCUT2D eigenvalue weighted by atomic mass is 10.1. The van der Waals surface area contributed by atoms with Gasteiger partial charge in [-0.05, 0) is 35.9 Å². The van der Waals surface area contributed by atoms with Crippen LogP contribution in [0.1, 0.15) is 15.9 Å². The van der Waals surface area contributed by atoms with Crippen molar-refractivity contribution >= 4 is 5.91 Å². The number of hydrogen-bond donors (Lipinski definition) is 0. The Balaban J connectivity index is 1.59. The summed E-state index contributed by atoms with van der Waals surface area (Å²) in [7, 11) is 3.13. The molecule has 0 spiro atoms. The lowest BCUT2D eigenvalue weighted by molar-refractivity contribution is 0.0628. The summed E-state index contributed by atoms with van der Waals surface area (Å²) in [5.74, 6) is 0.924. The van der Waals surface area contributed by atoms with Crippen molar-refractivity contribution in [2.75, 3.05) is 40.4 Å². The van der Waals surface area contributed by atoms with Gasteiger partial charge < -0.3 is 14.4 Å². The third-order valence-electron chi connectivity index (χ3n) is 4.61. The van der Waals surface area contributed by atoms with Crippen LogP contribution in [0.2, 0.25) is 0 Å². The van der Waals surface area contributed by atoms with Crippen LogP contribution in [-0.4, -0.2) is 56.1 Å². The normalized spacial score (nSPS) is 15.0. The second-order valence-corrected chi connectivity index (χ2v) is 6.26. The van der Waals surface area contributed by atoms with Crippen molar-refractivity contribution in [2.45, 2.75) is 6.54 Å². The molecule has 3 rings (SSSR count). The highest BCUT2D eigenvalue weighted by atomic mass is 19.1. The fraction of sp³-hybridized carbons (Fsp3) is 0.350. The van der Waals surface area contributed by atoms with Crippen LogP contribution in [-0.2, 0) is 6.54 Å². The maximum absolute atomic E-state index is 13.0. The highest BCUT2D eigenvalue weighted by molar-refractivity contribution is 5.95. The van der Waals surface area contributed by atoms with Crippen molar-refractivity contribution in [3.05, 3.63) is 59.4 Å². The zero-order chi connectivity index (χ0) is 18.5. The molecule has 1 heterocycles. The zero-order valence-electron chi connectivity index (χ0n) is 15.1. The highest BCUT2D eigenvalue weighted by Gasteiger charge is 2.23. The van der Waals surface area contributed by atoms with Gasteiger partial charge in [-0.2, -0.15) is 0 Å². The Morgan fingerprint density at radius 2 is 1.62 bits per heavy atom. The smallest absolute Gasteiger partial charge is 0.254 e. The number of carbonyl (C=O) groups excluding carboxylic acids is 1. The molecule has 0 aromatic heterocycles. The second-order valence-electron chi connectivity index (χ2n) is 6.26. The Bertz CT molecular complexity index is 756. The number of hydrogen-bond acceptors (Lipinski definition) is 4. The van der Waals surface area contributed by atoms with Gasteiger partial charge in [0.2, 0.25) is 0 Å². The lowest BCUT2D eigenvalue weighted by Gasteiger charge is -2.34. The van der Waals surface area contributed by atoms with Crippen molar-refractivity contribution in [1.82, 2.24) is 9.80 Å². The van der Waals surface area contributed by atoms with Crippen LogP contribution >= 0.6 is 0 Å². The van der Waals surface area contributed by atoms with Gasteiger partial charge in [-0.3, -0.25) is 9.69 Å². The number of rotatable bonds is 5. The third-order valence-corrected chi connectivity index (χ3v) is 4.61. The van der Waals surface area contributed by atoms with Crippen LogP contribution in [0, 0.1) is 5.82 Å². The van der Waals surface area contributed by atoms with Gasteiger partial charge in [0, 0.05) is 38.3 Å². The number of piperazine rings is 1. The molecule has 1 amide bonds. The van der Waals surface area contributed by atoms with E-state index < -0.39 is 0 Å². The number of halogens is 1. The predicted octanol–water partition coefficient (Wildman–Crippen LogP) is 2.80. The standard InChI is InChI=1S/C20H23FN2O3/c1-25-18-8-5-16(13-19(18)26-2)20(24)23-11-9-22(10-12-23)14-15-3-6-17(21)7-4-15/h3-8,13H,9-12,14H2,1-2H3. The molecular formula is C20H23FN2O3. The molecular weight excluding hydrogens is 335 g/mol. The molecule has 6 heteroatoms. The van der Waals surface area contributed by atoms with Crippen molar-refractivity contribution in [1.29, 1.82) is 0 Å². The number of carbonyl (C=O) groups is 1. The van der Waals surface area contributed by atoms with Crippen molar-refractivity contribution < 1.29 is 18.7 Å². The maximum Gasteiger partial charge on any atom is 0.254 e. The average Bonchev–Trinajstić information content (AvgIpc) is 2.69. The summed E-state index contributed by atoms with van der Waals surface area (Å²) >= 11 is 0. The summed E-state index contributed by atoms with van der Waals surface area (Å²) in [5, 5.41) is 0. The predicted molar refractivity (Wildman–Crippen MR) is 97.1 cm³/mol. The highest BCUT2D eigenvalue weighted by Crippen LogP contribution is 2.28. The summed E-state index contributed by atoms with van der Waals surface area (Å²) < 4.78 is 23.5. The molecule has 1 saturated heterocycles. The molecule has 1 fully saturated rings. The van der Waals surface area contributed by atoms with Gasteiger partial charge >= 0.3 is 0 Å². The van der Waals surface area contributed by atoms with E-state index in [4.69, 9.17) is 9.47 Å². The molecule has 0 N–H and O–H groups in total. The number of benzene rings is 2. The van der Waals surface area contributed by atoms with E-state index in [1.807, 2.05) is 4.90 Å². The van der Waals surface area contributed by atoms with E-state index in [0.29, 0.717) is 30.2 Å². The molecule has 1 aliphatic rings. The van der Waals surface area contributed by atoms with Crippen LogP contribution in [0.5, 0.6) is 11.5 Å². The fourth-order valence-corrected chi connectivity index (χ4v) is 3.11. The van der Waals surface area contributed by atoms with Crippen molar-refractivity contribution in [2.24, 2.45) is 0 Å². The van der Waals surface area contributed by atoms with Crippen LogP contribution in [0.3, 0.4) is 0 Å². The van der Waals surface area contributed by atoms with Gasteiger partial charge in [-0.15, -0.1) is 0 Å². The number of nitrogens with zero attached hydrogens (tertiary/aromatic N) is 2. The molecule has 5 nitrogen and oxygen atoms in total. The first-order valence-electron chi connectivity index (χ1n) is 8.59. The fourth-order valence-electron chi connectivity index (χ4n) is 3.11. The molecule has 0 radical (unpaired) electrons. The van der Waals surface area contributed by atoms with E-state index in [-0.39, 0.29) is 11.7 Å². The Labute approximate surface area is 152 Å². The molecule has 138 valence electrons. The summed E-state index contributed by atoms with van der Waals surface area (Å²) in [5.41, 5.74) is 1.67. The third kappa shape index (κ3) is 4.14. The first kappa shape index (κ1) is 18.2. The van der Waals surface area contributed by atoms with Crippen LogP contribution in [0.15, 0.2) is 42.5 Å². The van der Waals surface area contributed by atoms with Gasteiger partial charge in [0.1, 0.15) is 5.82 Å². The minimum atomic E-state index is -0.223. The van der Waals surface area contributed by atoms with Crippen molar-refractivity contribution in [3.63, 3.8) is 0 Å². The molecule has 0 aliphatic carbocycles. The first-order valence-corrected chi connectivity index (χ1v) is 8.59. The topological polar surface area (TPSA) is 42.0 Å². The van der Waals surface area contributed by atoms with Gasteiger partial charge in [-0.25, -0.2) is 4.39 Å². The van der Waals surface area contributed by atoms with Gasteiger partial charge in [0.15, 0.2) is 11.5 Å². The SMILES string of the molecule is COc1ccc(C(=O)N2CCN(Cc3ccc(F)cc3)CC2)cc1OC. The van der Waals surface area contributed by atoms with Crippen LogP contribution in [0.4, 0.5) is 4.39 Å². The minimum Gasteiger partial charge on any atom is -0.493 e. The van der Waals surface area contributed by atoms with E-state index in [1.54, 1.807) is 44.6 Å². The Morgan fingerprint density at radius 3 is 2.23 bits per heavy atom. The van der Waals surface area contributed by atoms with Gasteiger partial charge in [0.05, 0.1) is 14.2 Å².